The highest BCUT2D eigenvalue weighted by atomic mass is 35.5. The Morgan fingerprint density at radius 3 is 2.13 bits per heavy atom. The normalized spacial score (nSPS) is 10.4. The van der Waals surface area contributed by atoms with Crippen LogP contribution in [0.1, 0.15) is 16.7 Å². The number of carbonyl (C=O) groups is 1. The topological polar surface area (TPSA) is 38.8 Å². The van der Waals surface area contributed by atoms with Crippen LogP contribution in [0.15, 0.2) is 78.9 Å². The molecule has 164 valence electrons. The van der Waals surface area contributed by atoms with Crippen molar-refractivity contribution in [2.24, 2.45) is 0 Å². The molecule has 0 aromatic heterocycles. The van der Waals surface area contributed by atoms with Crippen molar-refractivity contribution in [3.63, 3.8) is 0 Å². The Labute approximate surface area is 195 Å². The molecule has 6 heteroatoms. The van der Waals surface area contributed by atoms with Gasteiger partial charge in [0.15, 0.2) is 6.61 Å². The number of carbonyl (C=O) groups excluding carboxylic acids is 1. The second-order valence-corrected chi connectivity index (χ2v) is 7.62. The fourth-order valence-corrected chi connectivity index (χ4v) is 3.14. The average Bonchev–Trinajstić information content (AvgIpc) is 2.75. The van der Waals surface area contributed by atoms with Crippen LogP contribution in [0.4, 0.5) is 0 Å². The molecular formula is C25H27Cl2NO3. The van der Waals surface area contributed by atoms with Gasteiger partial charge >= 0.3 is 5.97 Å². The van der Waals surface area contributed by atoms with Crippen molar-refractivity contribution in [2.75, 3.05) is 26.8 Å². The molecule has 0 amide bonds. The molecule has 0 bridgehead atoms. The molecule has 0 aliphatic heterocycles. The van der Waals surface area contributed by atoms with E-state index >= 15 is 0 Å². The van der Waals surface area contributed by atoms with E-state index in [1.54, 1.807) is 0 Å². The summed E-state index contributed by atoms with van der Waals surface area (Å²) in [7, 11) is 2.00. The van der Waals surface area contributed by atoms with Crippen molar-refractivity contribution in [3.8, 4) is 5.75 Å². The lowest BCUT2D eigenvalue weighted by molar-refractivity contribution is -0.146. The van der Waals surface area contributed by atoms with Gasteiger partial charge in [-0.25, -0.2) is 4.79 Å². The van der Waals surface area contributed by atoms with Gasteiger partial charge in [0.05, 0.1) is 0 Å². The Bertz CT molecular complexity index is 916. The van der Waals surface area contributed by atoms with Gasteiger partial charge in [0, 0.05) is 18.1 Å². The number of halogens is 2. The van der Waals surface area contributed by atoms with Crippen molar-refractivity contribution in [1.82, 2.24) is 4.90 Å². The summed E-state index contributed by atoms with van der Waals surface area (Å²) >= 11 is 5.92. The molecule has 0 N–H and O–H groups in total. The predicted octanol–water partition coefficient (Wildman–Crippen LogP) is 5.41. The second kappa shape index (κ2) is 13.0. The summed E-state index contributed by atoms with van der Waals surface area (Å²) in [5.41, 5.74) is 3.58. The van der Waals surface area contributed by atoms with Crippen LogP contribution in [0.2, 0.25) is 5.02 Å². The van der Waals surface area contributed by atoms with Crippen molar-refractivity contribution in [2.45, 2.75) is 13.0 Å². The number of hydrogen-bond acceptors (Lipinski definition) is 4. The highest BCUT2D eigenvalue weighted by Crippen LogP contribution is 2.17. The summed E-state index contributed by atoms with van der Waals surface area (Å²) in [5, 5.41) is 0.734. The third kappa shape index (κ3) is 9.01. The molecule has 3 aromatic rings. The first kappa shape index (κ1) is 24.7. The summed E-state index contributed by atoms with van der Waals surface area (Å²) in [4.78, 5) is 14.0. The summed E-state index contributed by atoms with van der Waals surface area (Å²) in [5.74, 6) is 0.279. The van der Waals surface area contributed by atoms with Gasteiger partial charge in [-0.3, -0.25) is 4.90 Å². The Balaban J connectivity index is 0.00000341. The highest BCUT2D eigenvalue weighted by molar-refractivity contribution is 6.30. The minimum absolute atomic E-state index is 0. The molecular weight excluding hydrogens is 433 g/mol. The van der Waals surface area contributed by atoms with Gasteiger partial charge < -0.3 is 9.47 Å². The van der Waals surface area contributed by atoms with Gasteiger partial charge in [-0.1, -0.05) is 66.2 Å². The number of benzene rings is 3. The Morgan fingerprint density at radius 1 is 0.871 bits per heavy atom. The van der Waals surface area contributed by atoms with E-state index in [0.717, 1.165) is 23.6 Å². The van der Waals surface area contributed by atoms with E-state index in [1.165, 1.54) is 11.1 Å². The first-order chi connectivity index (χ1) is 14.6. The standard InChI is InChI=1S/C25H26ClNO3.ClH/c1-27(18-22-5-3-2-4-6-22)15-16-29-25(28)19-30-24-13-9-21(10-14-24)17-20-7-11-23(26)12-8-20;/h2-14H,15-19H2,1H3;1H. The summed E-state index contributed by atoms with van der Waals surface area (Å²) in [6.45, 7) is 1.72. The number of esters is 1. The lowest BCUT2D eigenvalue weighted by atomic mass is 10.1. The minimum atomic E-state index is -0.367. The summed E-state index contributed by atoms with van der Waals surface area (Å²) in [6.07, 6.45) is 0.815. The average molecular weight is 460 g/mol. The quantitative estimate of drug-likeness (QED) is 0.380. The summed E-state index contributed by atoms with van der Waals surface area (Å²) in [6, 6.07) is 25.7. The van der Waals surface area contributed by atoms with Crippen LogP contribution in [-0.4, -0.2) is 37.7 Å². The Kier molecular flexibility index (Phi) is 10.4. The lowest BCUT2D eigenvalue weighted by Gasteiger charge is -2.16. The molecule has 0 aliphatic rings. The van der Waals surface area contributed by atoms with Crippen molar-refractivity contribution in [3.05, 3.63) is 101 Å². The van der Waals surface area contributed by atoms with Crippen molar-refractivity contribution in [1.29, 1.82) is 0 Å². The van der Waals surface area contributed by atoms with E-state index < -0.39 is 0 Å². The molecule has 0 radical (unpaired) electrons. The van der Waals surface area contributed by atoms with Crippen LogP contribution < -0.4 is 4.74 Å². The maximum Gasteiger partial charge on any atom is 0.344 e. The largest absolute Gasteiger partial charge is 0.482 e. The zero-order chi connectivity index (χ0) is 21.2. The van der Waals surface area contributed by atoms with Crippen molar-refractivity contribution < 1.29 is 14.3 Å². The second-order valence-electron chi connectivity index (χ2n) is 7.18. The lowest BCUT2D eigenvalue weighted by Crippen LogP contribution is -2.25. The van der Waals surface area contributed by atoms with Crippen LogP contribution in [0.5, 0.6) is 5.75 Å². The Hall–Kier alpha value is -2.53. The molecule has 3 aromatic carbocycles. The smallest absolute Gasteiger partial charge is 0.344 e. The van der Waals surface area contributed by atoms with Gasteiger partial charge in [0.1, 0.15) is 12.4 Å². The fraction of sp³-hybridized carbons (Fsp3) is 0.240. The van der Waals surface area contributed by atoms with Gasteiger partial charge in [0.2, 0.25) is 0 Å². The molecule has 0 saturated heterocycles. The van der Waals surface area contributed by atoms with E-state index in [1.807, 2.05) is 73.8 Å². The zero-order valence-electron chi connectivity index (χ0n) is 17.5. The van der Waals surface area contributed by atoms with Gasteiger partial charge in [-0.2, -0.15) is 0 Å². The minimum Gasteiger partial charge on any atom is -0.482 e. The van der Waals surface area contributed by atoms with E-state index in [4.69, 9.17) is 21.1 Å². The van der Waals surface area contributed by atoms with Crippen LogP contribution in [0, 0.1) is 0 Å². The molecule has 0 heterocycles. The number of nitrogens with zero attached hydrogens (tertiary/aromatic N) is 1. The van der Waals surface area contributed by atoms with Gasteiger partial charge in [0.25, 0.3) is 0 Å². The van der Waals surface area contributed by atoms with Crippen LogP contribution in [0.3, 0.4) is 0 Å². The molecule has 4 nitrogen and oxygen atoms in total. The third-order valence-electron chi connectivity index (χ3n) is 4.63. The van der Waals surface area contributed by atoms with E-state index in [-0.39, 0.29) is 25.0 Å². The van der Waals surface area contributed by atoms with Crippen LogP contribution in [-0.2, 0) is 22.5 Å². The number of likely N-dealkylation sites (N-methyl/N-ethyl adjacent to an activating group) is 1. The van der Waals surface area contributed by atoms with E-state index in [2.05, 4.69) is 17.0 Å². The van der Waals surface area contributed by atoms with Crippen LogP contribution in [0.25, 0.3) is 0 Å². The predicted molar refractivity (Wildman–Crippen MR) is 127 cm³/mol. The molecule has 0 spiro atoms. The van der Waals surface area contributed by atoms with Crippen molar-refractivity contribution >= 4 is 30.0 Å². The maximum atomic E-state index is 11.9. The SMILES string of the molecule is CN(CCOC(=O)COc1ccc(Cc2ccc(Cl)cc2)cc1)Cc1ccccc1.Cl. The molecule has 0 fully saturated rings. The van der Waals surface area contributed by atoms with E-state index in [0.29, 0.717) is 18.9 Å². The van der Waals surface area contributed by atoms with Gasteiger partial charge in [-0.15, -0.1) is 12.4 Å². The maximum absolute atomic E-state index is 11.9. The third-order valence-corrected chi connectivity index (χ3v) is 4.88. The number of hydrogen-bond donors (Lipinski definition) is 0. The Morgan fingerprint density at radius 2 is 1.48 bits per heavy atom. The summed E-state index contributed by atoms with van der Waals surface area (Å²) < 4.78 is 10.8. The fourth-order valence-electron chi connectivity index (χ4n) is 3.01. The first-order valence-electron chi connectivity index (χ1n) is 9.93. The van der Waals surface area contributed by atoms with Gasteiger partial charge in [-0.05, 0) is 54.4 Å². The molecule has 3 rings (SSSR count). The first-order valence-corrected chi connectivity index (χ1v) is 10.3. The van der Waals surface area contributed by atoms with Crippen LogP contribution >= 0.6 is 24.0 Å². The zero-order valence-corrected chi connectivity index (χ0v) is 19.1. The van der Waals surface area contributed by atoms with E-state index in [9.17, 15) is 4.79 Å². The molecule has 0 unspecified atom stereocenters. The number of ether oxygens (including phenoxy) is 2. The molecule has 0 aliphatic carbocycles. The monoisotopic (exact) mass is 459 g/mol. The molecule has 0 saturated carbocycles. The number of rotatable bonds is 10. The molecule has 31 heavy (non-hydrogen) atoms. The highest BCUT2D eigenvalue weighted by Gasteiger charge is 2.06. The molecule has 0 atom stereocenters.